The van der Waals surface area contributed by atoms with Gasteiger partial charge in [-0.15, -0.1) is 0 Å². The lowest BCUT2D eigenvalue weighted by Gasteiger charge is -2.25. The minimum Gasteiger partial charge on any atom is -0.444 e. The van der Waals surface area contributed by atoms with Gasteiger partial charge in [0.25, 0.3) is 0 Å². The van der Waals surface area contributed by atoms with E-state index >= 15 is 0 Å². The first-order chi connectivity index (χ1) is 12.8. The second-order valence-corrected chi connectivity index (χ2v) is 8.38. The lowest BCUT2D eigenvalue weighted by Crippen LogP contribution is -2.48. The molecule has 0 bridgehead atoms. The fraction of sp³-hybridized carbons (Fsp3) is 0.842. The average Bonchev–Trinajstić information content (AvgIpc) is 3.02. The Morgan fingerprint density at radius 1 is 1.07 bits per heavy atom. The van der Waals surface area contributed by atoms with Crippen LogP contribution in [0.5, 0.6) is 0 Å². The molecule has 3 N–H and O–H groups in total. The molecule has 1 heterocycles. The summed E-state index contributed by atoms with van der Waals surface area (Å²) in [6.07, 6.45) is 6.22. The molecule has 1 atom stereocenters. The molecule has 0 aromatic rings. The molecule has 27 heavy (non-hydrogen) atoms. The predicted octanol–water partition coefficient (Wildman–Crippen LogP) is 1.61. The van der Waals surface area contributed by atoms with Gasteiger partial charge in [-0.2, -0.15) is 0 Å². The number of amides is 2. The Morgan fingerprint density at radius 3 is 2.41 bits per heavy atom. The van der Waals surface area contributed by atoms with Gasteiger partial charge in [-0.05, 0) is 40.0 Å². The molecule has 0 spiro atoms. The molecule has 1 aliphatic carbocycles. The summed E-state index contributed by atoms with van der Waals surface area (Å²) in [6, 6.07) is 0.318. The van der Waals surface area contributed by atoms with Crippen molar-refractivity contribution in [2.24, 2.45) is 4.99 Å². The molecule has 154 valence electrons. The number of rotatable bonds is 4. The molecular weight excluding hydrogens is 346 g/mol. The van der Waals surface area contributed by atoms with Gasteiger partial charge >= 0.3 is 6.09 Å². The van der Waals surface area contributed by atoms with Gasteiger partial charge in [0.15, 0.2) is 5.96 Å². The van der Waals surface area contributed by atoms with E-state index in [1.54, 1.807) is 7.05 Å². The van der Waals surface area contributed by atoms with Crippen molar-refractivity contribution in [3.05, 3.63) is 0 Å². The first-order valence-corrected chi connectivity index (χ1v) is 10.0. The number of hydrogen-bond donors (Lipinski definition) is 3. The van der Waals surface area contributed by atoms with Crippen molar-refractivity contribution >= 4 is 18.0 Å². The molecule has 8 heteroatoms. The lowest BCUT2D eigenvalue weighted by atomic mass is 9.95. The van der Waals surface area contributed by atoms with Crippen molar-refractivity contribution in [2.75, 3.05) is 26.7 Å². The summed E-state index contributed by atoms with van der Waals surface area (Å²) in [7, 11) is 1.70. The van der Waals surface area contributed by atoms with Gasteiger partial charge in [0.1, 0.15) is 5.60 Å². The highest BCUT2D eigenvalue weighted by Crippen LogP contribution is 2.17. The van der Waals surface area contributed by atoms with Crippen LogP contribution in [0.4, 0.5) is 4.79 Å². The van der Waals surface area contributed by atoms with E-state index in [2.05, 4.69) is 25.8 Å². The van der Waals surface area contributed by atoms with E-state index in [-0.39, 0.29) is 18.5 Å². The highest BCUT2D eigenvalue weighted by Gasteiger charge is 2.28. The summed E-state index contributed by atoms with van der Waals surface area (Å²) in [4.78, 5) is 30.4. The highest BCUT2D eigenvalue weighted by atomic mass is 16.6. The van der Waals surface area contributed by atoms with Gasteiger partial charge in [0.05, 0.1) is 12.6 Å². The largest absolute Gasteiger partial charge is 0.444 e. The van der Waals surface area contributed by atoms with Crippen LogP contribution in [0.25, 0.3) is 0 Å². The minimum absolute atomic E-state index is 0.00526. The van der Waals surface area contributed by atoms with Gasteiger partial charge in [0, 0.05) is 26.2 Å². The highest BCUT2D eigenvalue weighted by molar-refractivity contribution is 5.86. The summed E-state index contributed by atoms with van der Waals surface area (Å²) in [6.45, 7) is 7.16. The van der Waals surface area contributed by atoms with Gasteiger partial charge in [-0.1, -0.05) is 19.3 Å². The third-order valence-electron chi connectivity index (χ3n) is 4.80. The molecule has 2 rings (SSSR count). The number of hydrogen-bond acceptors (Lipinski definition) is 4. The van der Waals surface area contributed by atoms with Crippen LogP contribution in [0.1, 0.15) is 59.3 Å². The van der Waals surface area contributed by atoms with Crippen LogP contribution in [-0.2, 0) is 9.53 Å². The molecular formula is C19H35N5O3. The molecule has 8 nitrogen and oxygen atoms in total. The molecule has 1 saturated carbocycles. The van der Waals surface area contributed by atoms with Crippen LogP contribution >= 0.6 is 0 Å². The fourth-order valence-corrected chi connectivity index (χ4v) is 3.56. The number of nitrogens with zero attached hydrogens (tertiary/aromatic N) is 2. The molecule has 2 aliphatic rings. The average molecular weight is 382 g/mol. The van der Waals surface area contributed by atoms with Crippen LogP contribution in [0.2, 0.25) is 0 Å². The lowest BCUT2D eigenvalue weighted by molar-refractivity contribution is -0.120. The van der Waals surface area contributed by atoms with E-state index in [4.69, 9.17) is 4.74 Å². The SMILES string of the molecule is CN=C(NCC(=O)NC1CCCCC1)N1CCC(NC(=O)OC(C)(C)C)C1. The fourth-order valence-electron chi connectivity index (χ4n) is 3.56. The van der Waals surface area contributed by atoms with E-state index in [0.29, 0.717) is 18.5 Å². The van der Waals surface area contributed by atoms with E-state index in [1.807, 2.05) is 20.8 Å². The van der Waals surface area contributed by atoms with Gasteiger partial charge < -0.3 is 25.6 Å². The van der Waals surface area contributed by atoms with E-state index < -0.39 is 11.7 Å². The maximum Gasteiger partial charge on any atom is 0.407 e. The van der Waals surface area contributed by atoms with E-state index in [9.17, 15) is 9.59 Å². The summed E-state index contributed by atoms with van der Waals surface area (Å²) < 4.78 is 5.31. The number of alkyl carbamates (subject to hydrolysis) is 1. The van der Waals surface area contributed by atoms with Crippen molar-refractivity contribution in [3.8, 4) is 0 Å². The molecule has 0 aromatic heterocycles. The quantitative estimate of drug-likeness (QED) is 0.508. The maximum atomic E-state index is 12.2. The van der Waals surface area contributed by atoms with Crippen molar-refractivity contribution in [2.45, 2.75) is 77.0 Å². The monoisotopic (exact) mass is 381 g/mol. The van der Waals surface area contributed by atoms with Crippen LogP contribution in [0.3, 0.4) is 0 Å². The predicted molar refractivity (Wildman–Crippen MR) is 106 cm³/mol. The van der Waals surface area contributed by atoms with E-state index in [1.165, 1.54) is 19.3 Å². The molecule has 1 aliphatic heterocycles. The van der Waals surface area contributed by atoms with Crippen molar-refractivity contribution in [3.63, 3.8) is 0 Å². The Labute approximate surface area is 162 Å². The van der Waals surface area contributed by atoms with Crippen LogP contribution in [0, 0.1) is 0 Å². The Morgan fingerprint density at radius 2 is 1.78 bits per heavy atom. The third kappa shape index (κ3) is 7.64. The molecule has 2 amide bonds. The molecule has 0 radical (unpaired) electrons. The summed E-state index contributed by atoms with van der Waals surface area (Å²) in [5, 5.41) is 9.13. The molecule has 1 unspecified atom stereocenters. The Kier molecular flexibility index (Phi) is 7.74. The standard InChI is InChI=1S/C19H35N5O3/c1-19(2,3)27-18(26)23-15-10-11-24(13-15)17(20-4)21-12-16(25)22-14-8-6-5-7-9-14/h14-15H,5-13H2,1-4H3,(H,20,21)(H,22,25)(H,23,26). The van der Waals surface area contributed by atoms with Gasteiger partial charge in [0.2, 0.25) is 5.91 Å². The topological polar surface area (TPSA) is 95.1 Å². The van der Waals surface area contributed by atoms with E-state index in [0.717, 1.165) is 25.8 Å². The zero-order valence-corrected chi connectivity index (χ0v) is 17.1. The van der Waals surface area contributed by atoms with Crippen molar-refractivity contribution in [1.29, 1.82) is 0 Å². The van der Waals surface area contributed by atoms with Crippen LogP contribution in [-0.4, -0.2) is 67.2 Å². The summed E-state index contributed by atoms with van der Waals surface area (Å²) >= 11 is 0. The number of ether oxygens (including phenoxy) is 1. The first-order valence-electron chi connectivity index (χ1n) is 10.0. The summed E-state index contributed by atoms with van der Waals surface area (Å²) in [5.74, 6) is 0.688. The molecule has 1 saturated heterocycles. The zero-order valence-electron chi connectivity index (χ0n) is 17.1. The summed E-state index contributed by atoms with van der Waals surface area (Å²) in [5.41, 5.74) is -0.508. The van der Waals surface area contributed by atoms with Crippen LogP contribution in [0.15, 0.2) is 4.99 Å². The third-order valence-corrected chi connectivity index (χ3v) is 4.80. The zero-order chi connectivity index (χ0) is 19.9. The number of carbonyl (C=O) groups is 2. The number of likely N-dealkylation sites (tertiary alicyclic amines) is 1. The number of nitrogens with one attached hydrogen (secondary N) is 3. The minimum atomic E-state index is -0.508. The molecule has 2 fully saturated rings. The number of aliphatic imine (C=N–C) groups is 1. The number of guanidine groups is 1. The Hall–Kier alpha value is -1.99. The molecule has 0 aromatic carbocycles. The Balaban J connectivity index is 1.72. The van der Waals surface area contributed by atoms with Gasteiger partial charge in [-0.25, -0.2) is 4.79 Å². The van der Waals surface area contributed by atoms with Crippen LogP contribution < -0.4 is 16.0 Å². The van der Waals surface area contributed by atoms with Crippen molar-refractivity contribution in [1.82, 2.24) is 20.9 Å². The smallest absolute Gasteiger partial charge is 0.407 e. The second-order valence-electron chi connectivity index (χ2n) is 8.38. The number of carbonyl (C=O) groups excluding carboxylic acids is 2. The Bertz CT molecular complexity index is 538. The second kappa shape index (κ2) is 9.80. The normalized spacial score (nSPS) is 21.7. The van der Waals surface area contributed by atoms with Gasteiger partial charge in [-0.3, -0.25) is 9.79 Å². The maximum absolute atomic E-state index is 12.2. The van der Waals surface area contributed by atoms with Crippen molar-refractivity contribution < 1.29 is 14.3 Å². The first kappa shape index (κ1) is 21.3.